The minimum atomic E-state index is -0.00376. The lowest BCUT2D eigenvalue weighted by atomic mass is 9.99. The quantitative estimate of drug-likeness (QED) is 0.925. The number of nitrogens with one attached hydrogen (secondary N) is 1. The summed E-state index contributed by atoms with van der Waals surface area (Å²) in [6, 6.07) is 12.0. The monoisotopic (exact) mass is 324 g/mol. The molecule has 2 heterocycles. The molecule has 1 aromatic heterocycles. The summed E-state index contributed by atoms with van der Waals surface area (Å²) in [6.07, 6.45) is 4.35. The number of benzene rings is 1. The second-order valence-corrected chi connectivity index (χ2v) is 6.35. The van der Waals surface area contributed by atoms with E-state index in [0.717, 1.165) is 31.5 Å². The van der Waals surface area contributed by atoms with Crippen LogP contribution >= 0.6 is 0 Å². The first-order chi connectivity index (χ1) is 11.7. The van der Waals surface area contributed by atoms with E-state index in [9.17, 15) is 4.79 Å². The Balaban J connectivity index is 1.69. The Morgan fingerprint density at radius 2 is 1.96 bits per heavy atom. The lowest BCUT2D eigenvalue weighted by molar-refractivity contribution is 0.0601. The van der Waals surface area contributed by atoms with Gasteiger partial charge in [0.15, 0.2) is 11.5 Å². The van der Waals surface area contributed by atoms with Crippen molar-refractivity contribution in [2.75, 3.05) is 11.9 Å². The molecule has 1 atom stereocenters. The van der Waals surface area contributed by atoms with Crippen LogP contribution in [0.4, 0.5) is 11.5 Å². The molecule has 0 bridgehead atoms. The highest BCUT2D eigenvalue weighted by atomic mass is 16.2. The maximum atomic E-state index is 12.7. The Hall–Kier alpha value is -2.43. The number of carbonyl (C=O) groups is 1. The molecule has 2 aromatic rings. The van der Waals surface area contributed by atoms with Gasteiger partial charge < -0.3 is 10.2 Å². The molecular weight excluding hydrogens is 300 g/mol. The summed E-state index contributed by atoms with van der Waals surface area (Å²) in [5.41, 5.74) is 2.58. The Bertz CT molecular complexity index is 682. The molecule has 0 saturated carbocycles. The summed E-state index contributed by atoms with van der Waals surface area (Å²) in [5.74, 6) is 0.636. The molecule has 5 nitrogen and oxygen atoms in total. The van der Waals surface area contributed by atoms with Crippen LogP contribution in [0.3, 0.4) is 0 Å². The number of likely N-dealkylation sites (tertiary alicyclic amines) is 1. The van der Waals surface area contributed by atoms with Gasteiger partial charge in [-0.25, -0.2) is 0 Å². The fraction of sp³-hybridized carbons (Fsp3) is 0.421. The lowest BCUT2D eigenvalue weighted by Crippen LogP contribution is -2.43. The van der Waals surface area contributed by atoms with Gasteiger partial charge in [-0.05, 0) is 56.9 Å². The van der Waals surface area contributed by atoms with Crippen molar-refractivity contribution in [1.82, 2.24) is 15.1 Å². The van der Waals surface area contributed by atoms with Gasteiger partial charge in [0.1, 0.15) is 0 Å². The summed E-state index contributed by atoms with van der Waals surface area (Å²) < 4.78 is 0. The molecule has 1 N–H and O–H groups in total. The predicted molar refractivity (Wildman–Crippen MR) is 95.5 cm³/mol. The highest BCUT2D eigenvalue weighted by Gasteiger charge is 2.27. The predicted octanol–water partition coefficient (Wildman–Crippen LogP) is 3.93. The third kappa shape index (κ3) is 3.72. The Labute approximate surface area is 143 Å². The molecule has 1 aliphatic heterocycles. The van der Waals surface area contributed by atoms with E-state index in [1.54, 1.807) is 6.07 Å². The highest BCUT2D eigenvalue weighted by molar-refractivity contribution is 5.92. The van der Waals surface area contributed by atoms with Crippen molar-refractivity contribution >= 4 is 17.4 Å². The van der Waals surface area contributed by atoms with E-state index in [1.165, 1.54) is 12.0 Å². The molecule has 1 amide bonds. The van der Waals surface area contributed by atoms with Gasteiger partial charge in [0, 0.05) is 18.3 Å². The molecule has 1 fully saturated rings. The lowest BCUT2D eigenvalue weighted by Gasteiger charge is -2.34. The van der Waals surface area contributed by atoms with Crippen LogP contribution in [0.25, 0.3) is 0 Å². The van der Waals surface area contributed by atoms with Crippen LogP contribution in [0.2, 0.25) is 0 Å². The molecule has 1 aliphatic rings. The molecule has 0 spiro atoms. The van der Waals surface area contributed by atoms with Crippen LogP contribution in [0.5, 0.6) is 0 Å². The third-order valence-electron chi connectivity index (χ3n) is 4.57. The number of anilines is 2. The fourth-order valence-corrected chi connectivity index (χ4v) is 3.14. The van der Waals surface area contributed by atoms with Crippen molar-refractivity contribution in [3.8, 4) is 0 Å². The van der Waals surface area contributed by atoms with Crippen molar-refractivity contribution in [2.24, 2.45) is 0 Å². The average molecular weight is 324 g/mol. The number of hydrogen-bond donors (Lipinski definition) is 1. The summed E-state index contributed by atoms with van der Waals surface area (Å²) in [5, 5.41) is 11.5. The van der Waals surface area contributed by atoms with Crippen molar-refractivity contribution in [2.45, 2.75) is 45.6 Å². The van der Waals surface area contributed by atoms with E-state index in [0.29, 0.717) is 17.6 Å². The van der Waals surface area contributed by atoms with Crippen LogP contribution in [-0.2, 0) is 0 Å². The summed E-state index contributed by atoms with van der Waals surface area (Å²) in [4.78, 5) is 14.6. The van der Waals surface area contributed by atoms with Gasteiger partial charge in [0.05, 0.1) is 0 Å². The fourth-order valence-electron chi connectivity index (χ4n) is 3.14. The molecule has 5 heteroatoms. The highest BCUT2D eigenvalue weighted by Crippen LogP contribution is 2.21. The molecule has 126 valence electrons. The first-order valence-corrected chi connectivity index (χ1v) is 8.66. The van der Waals surface area contributed by atoms with E-state index in [-0.39, 0.29) is 5.91 Å². The van der Waals surface area contributed by atoms with E-state index in [2.05, 4.69) is 22.4 Å². The largest absolute Gasteiger partial charge is 0.339 e. The van der Waals surface area contributed by atoms with Gasteiger partial charge >= 0.3 is 0 Å². The van der Waals surface area contributed by atoms with Crippen LogP contribution < -0.4 is 5.32 Å². The molecule has 3 rings (SSSR count). The Kier molecular flexibility index (Phi) is 5.08. The zero-order chi connectivity index (χ0) is 16.9. The maximum absolute atomic E-state index is 12.7. The van der Waals surface area contributed by atoms with Crippen LogP contribution in [0.1, 0.15) is 48.7 Å². The number of nitrogens with zero attached hydrogens (tertiary/aromatic N) is 3. The first-order valence-electron chi connectivity index (χ1n) is 8.66. The Morgan fingerprint density at radius 3 is 2.62 bits per heavy atom. The van der Waals surface area contributed by atoms with Crippen LogP contribution in [-0.4, -0.2) is 33.6 Å². The minimum absolute atomic E-state index is 0.00376. The molecule has 1 saturated heterocycles. The number of hydrogen-bond acceptors (Lipinski definition) is 4. The van der Waals surface area contributed by atoms with Gasteiger partial charge in [-0.15, -0.1) is 10.2 Å². The van der Waals surface area contributed by atoms with E-state index >= 15 is 0 Å². The van der Waals surface area contributed by atoms with Crippen molar-refractivity contribution in [3.05, 3.63) is 47.7 Å². The number of aryl methyl sites for hydroxylation is 1. The maximum Gasteiger partial charge on any atom is 0.274 e. The smallest absolute Gasteiger partial charge is 0.274 e. The summed E-state index contributed by atoms with van der Waals surface area (Å²) in [7, 11) is 0. The third-order valence-corrected chi connectivity index (χ3v) is 4.57. The number of rotatable bonds is 4. The van der Waals surface area contributed by atoms with E-state index < -0.39 is 0 Å². The number of amides is 1. The van der Waals surface area contributed by atoms with Crippen molar-refractivity contribution in [3.63, 3.8) is 0 Å². The van der Waals surface area contributed by atoms with E-state index in [1.807, 2.05) is 42.2 Å². The second kappa shape index (κ2) is 7.43. The van der Waals surface area contributed by atoms with Gasteiger partial charge in [-0.1, -0.05) is 24.6 Å². The SMILES string of the molecule is CCC1CCCCN1C(=O)c1ccc(Nc2ccc(C)cc2)nn1. The zero-order valence-corrected chi connectivity index (χ0v) is 14.3. The topological polar surface area (TPSA) is 58.1 Å². The number of carbonyl (C=O) groups excluding carboxylic acids is 1. The van der Waals surface area contributed by atoms with Crippen LogP contribution in [0.15, 0.2) is 36.4 Å². The van der Waals surface area contributed by atoms with E-state index in [4.69, 9.17) is 0 Å². The van der Waals surface area contributed by atoms with Crippen molar-refractivity contribution in [1.29, 1.82) is 0 Å². The molecule has 1 aromatic carbocycles. The summed E-state index contributed by atoms with van der Waals surface area (Å²) in [6.45, 7) is 5.01. The minimum Gasteiger partial charge on any atom is -0.339 e. The standard InChI is InChI=1S/C19H24N4O/c1-3-16-6-4-5-13-23(16)19(24)17-11-12-18(22-21-17)20-15-9-7-14(2)8-10-15/h7-12,16H,3-6,13H2,1-2H3,(H,20,22). The van der Waals surface area contributed by atoms with Gasteiger partial charge in [-0.2, -0.15) is 0 Å². The average Bonchev–Trinajstić information content (AvgIpc) is 2.63. The van der Waals surface area contributed by atoms with Crippen molar-refractivity contribution < 1.29 is 4.79 Å². The molecule has 0 aliphatic carbocycles. The van der Waals surface area contributed by atoms with Crippen LogP contribution in [0, 0.1) is 6.92 Å². The number of aromatic nitrogens is 2. The van der Waals surface area contributed by atoms with Gasteiger partial charge in [0.25, 0.3) is 5.91 Å². The molecular formula is C19H24N4O. The molecule has 0 radical (unpaired) electrons. The Morgan fingerprint density at radius 1 is 1.17 bits per heavy atom. The molecule has 1 unspecified atom stereocenters. The second-order valence-electron chi connectivity index (χ2n) is 6.35. The molecule has 24 heavy (non-hydrogen) atoms. The summed E-state index contributed by atoms with van der Waals surface area (Å²) >= 11 is 0. The van der Waals surface area contributed by atoms with Gasteiger partial charge in [-0.3, -0.25) is 4.79 Å². The first kappa shape index (κ1) is 16.4. The zero-order valence-electron chi connectivity index (χ0n) is 14.3. The normalized spacial score (nSPS) is 17.6. The van der Waals surface area contributed by atoms with Gasteiger partial charge in [0.2, 0.25) is 0 Å². The number of piperidine rings is 1.